The van der Waals surface area contributed by atoms with Gasteiger partial charge in [-0.2, -0.15) is 5.10 Å². The fourth-order valence-electron chi connectivity index (χ4n) is 3.53. The van der Waals surface area contributed by atoms with Gasteiger partial charge in [0.05, 0.1) is 6.04 Å². The van der Waals surface area contributed by atoms with Gasteiger partial charge in [-0.3, -0.25) is 4.79 Å². The lowest BCUT2D eigenvalue weighted by Gasteiger charge is -2.23. The maximum atomic E-state index is 14.5. The minimum atomic E-state index is -1.40. The topological polar surface area (TPSA) is 32.7 Å². The molecule has 6 heteroatoms. The first-order valence-corrected chi connectivity index (χ1v) is 9.46. The summed E-state index contributed by atoms with van der Waals surface area (Å²) in [6.45, 7) is 7.26. The molecule has 152 valence electrons. The van der Waals surface area contributed by atoms with Crippen LogP contribution in [0.4, 0.5) is 13.2 Å². The monoisotopic (exact) mass is 400 g/mol. The van der Waals surface area contributed by atoms with Crippen molar-refractivity contribution >= 4 is 12.1 Å². The van der Waals surface area contributed by atoms with Crippen LogP contribution in [0.1, 0.15) is 53.7 Å². The molecule has 29 heavy (non-hydrogen) atoms. The molecule has 1 amide bonds. The average Bonchev–Trinajstić information content (AvgIpc) is 3.13. The second kappa shape index (κ2) is 8.64. The van der Waals surface area contributed by atoms with Gasteiger partial charge in [-0.15, -0.1) is 0 Å². The lowest BCUT2D eigenvalue weighted by molar-refractivity contribution is -0.129. The summed E-state index contributed by atoms with van der Waals surface area (Å²) in [6, 6.07) is 8.29. The van der Waals surface area contributed by atoms with Crippen LogP contribution in [0.2, 0.25) is 0 Å². The fourth-order valence-corrected chi connectivity index (χ4v) is 3.53. The highest BCUT2D eigenvalue weighted by molar-refractivity contribution is 5.94. The van der Waals surface area contributed by atoms with Crippen LogP contribution in [0, 0.1) is 25.5 Å². The Hall–Kier alpha value is -2.89. The van der Waals surface area contributed by atoms with Gasteiger partial charge in [0.15, 0.2) is 0 Å². The molecule has 0 saturated carbocycles. The molecule has 0 spiro atoms. The van der Waals surface area contributed by atoms with E-state index in [9.17, 15) is 18.0 Å². The molecule has 0 N–H and O–H groups in total. The number of nitrogens with zero attached hydrogens (tertiary/aromatic N) is 2. The number of amides is 1. The number of hydrazone groups is 1. The average molecular weight is 400 g/mol. The standard InChI is InChI=1S/C23H23F3N2O/c1-14-8-17(12-19(24)10-14)21(26)5-4-16(3)23(29)28-22(6-7-27-28)18-9-15(2)11-20(25)13-18/h7-13,21-22H,3-6H2,1-2H3. The number of rotatable bonds is 6. The van der Waals surface area contributed by atoms with E-state index < -0.39 is 23.9 Å². The van der Waals surface area contributed by atoms with Gasteiger partial charge in [0.1, 0.15) is 17.8 Å². The molecule has 2 aromatic carbocycles. The maximum absolute atomic E-state index is 14.5. The van der Waals surface area contributed by atoms with Crippen molar-refractivity contribution in [2.45, 2.75) is 45.3 Å². The third-order valence-corrected chi connectivity index (χ3v) is 4.92. The van der Waals surface area contributed by atoms with Crippen LogP contribution in [-0.4, -0.2) is 17.1 Å². The molecule has 2 aromatic rings. The quantitative estimate of drug-likeness (QED) is 0.557. The van der Waals surface area contributed by atoms with Crippen LogP contribution in [0.15, 0.2) is 53.7 Å². The van der Waals surface area contributed by atoms with Gasteiger partial charge in [0.2, 0.25) is 0 Å². The van der Waals surface area contributed by atoms with Crippen LogP contribution in [0.3, 0.4) is 0 Å². The Kier molecular flexibility index (Phi) is 6.20. The first kappa shape index (κ1) is 20.8. The van der Waals surface area contributed by atoms with E-state index in [1.165, 1.54) is 23.2 Å². The molecule has 0 bridgehead atoms. The maximum Gasteiger partial charge on any atom is 0.269 e. The Morgan fingerprint density at radius 3 is 2.45 bits per heavy atom. The number of halogens is 3. The molecule has 0 saturated heterocycles. The van der Waals surface area contributed by atoms with E-state index in [1.807, 2.05) is 6.07 Å². The zero-order valence-electron chi connectivity index (χ0n) is 16.5. The fraction of sp³-hybridized carbons (Fsp3) is 0.304. The molecule has 3 rings (SSSR count). The summed E-state index contributed by atoms with van der Waals surface area (Å²) in [4.78, 5) is 12.8. The summed E-state index contributed by atoms with van der Waals surface area (Å²) in [7, 11) is 0. The summed E-state index contributed by atoms with van der Waals surface area (Å²) >= 11 is 0. The van der Waals surface area contributed by atoms with E-state index in [0.29, 0.717) is 17.5 Å². The molecular formula is C23H23F3N2O. The normalized spacial score (nSPS) is 16.9. The third kappa shape index (κ3) is 4.94. The molecule has 2 unspecified atom stereocenters. The van der Waals surface area contributed by atoms with Crippen molar-refractivity contribution in [3.05, 3.63) is 82.4 Å². The molecule has 0 fully saturated rings. The van der Waals surface area contributed by atoms with Crippen molar-refractivity contribution < 1.29 is 18.0 Å². The van der Waals surface area contributed by atoms with Crippen molar-refractivity contribution in [2.75, 3.05) is 0 Å². The number of aryl methyl sites for hydroxylation is 2. The van der Waals surface area contributed by atoms with Crippen molar-refractivity contribution in [2.24, 2.45) is 5.10 Å². The van der Waals surface area contributed by atoms with Gasteiger partial charge in [-0.25, -0.2) is 18.2 Å². The Bertz CT molecular complexity index is 930. The zero-order chi connectivity index (χ0) is 21.1. The van der Waals surface area contributed by atoms with E-state index >= 15 is 0 Å². The van der Waals surface area contributed by atoms with E-state index in [-0.39, 0.29) is 29.8 Å². The van der Waals surface area contributed by atoms with Crippen LogP contribution in [0.5, 0.6) is 0 Å². The molecule has 1 heterocycles. The summed E-state index contributed by atoms with van der Waals surface area (Å²) in [5.41, 5.74) is 2.49. The molecular weight excluding hydrogens is 377 g/mol. The largest absolute Gasteiger partial charge is 0.269 e. The first-order chi connectivity index (χ1) is 13.7. The second-order valence-corrected chi connectivity index (χ2v) is 7.43. The number of carbonyl (C=O) groups excluding carboxylic acids is 1. The van der Waals surface area contributed by atoms with E-state index in [2.05, 4.69) is 11.7 Å². The van der Waals surface area contributed by atoms with Gasteiger partial charge >= 0.3 is 0 Å². The van der Waals surface area contributed by atoms with Crippen LogP contribution in [0.25, 0.3) is 0 Å². The van der Waals surface area contributed by atoms with Crippen molar-refractivity contribution in [3.63, 3.8) is 0 Å². The number of benzene rings is 2. The summed E-state index contributed by atoms with van der Waals surface area (Å²) < 4.78 is 41.8. The minimum absolute atomic E-state index is 0.00869. The van der Waals surface area contributed by atoms with Gasteiger partial charge in [0.25, 0.3) is 5.91 Å². The predicted octanol–water partition coefficient (Wildman–Crippen LogP) is 5.89. The Morgan fingerprint density at radius 1 is 1.14 bits per heavy atom. The SMILES string of the molecule is C=C(CCC(F)c1cc(C)cc(F)c1)C(=O)N1N=CCC1c1cc(C)cc(F)c1. The second-order valence-electron chi connectivity index (χ2n) is 7.43. The number of carbonyl (C=O) groups is 1. The summed E-state index contributed by atoms with van der Waals surface area (Å²) in [5, 5.41) is 5.39. The molecule has 1 aliphatic heterocycles. The van der Waals surface area contributed by atoms with Crippen LogP contribution < -0.4 is 0 Å². The number of hydrogen-bond donors (Lipinski definition) is 0. The van der Waals surface area contributed by atoms with Gasteiger partial charge < -0.3 is 0 Å². The Balaban J connectivity index is 1.66. The van der Waals surface area contributed by atoms with Crippen LogP contribution in [-0.2, 0) is 4.79 Å². The van der Waals surface area contributed by atoms with Crippen LogP contribution >= 0.6 is 0 Å². The number of alkyl halides is 1. The Labute approximate surface area is 168 Å². The highest BCUT2D eigenvalue weighted by atomic mass is 19.1. The molecule has 0 aromatic heterocycles. The zero-order valence-corrected chi connectivity index (χ0v) is 16.5. The van der Waals surface area contributed by atoms with Crippen molar-refractivity contribution in [3.8, 4) is 0 Å². The minimum Gasteiger partial charge on any atom is -0.268 e. The van der Waals surface area contributed by atoms with Gasteiger partial charge in [0, 0.05) is 18.2 Å². The lowest BCUT2D eigenvalue weighted by Crippen LogP contribution is -2.28. The summed E-state index contributed by atoms with van der Waals surface area (Å²) in [6.07, 6.45) is 0.781. The van der Waals surface area contributed by atoms with Gasteiger partial charge in [-0.05, 0) is 73.2 Å². The highest BCUT2D eigenvalue weighted by Gasteiger charge is 2.30. The molecule has 0 aliphatic carbocycles. The third-order valence-electron chi connectivity index (χ3n) is 4.92. The number of hydrogen-bond acceptors (Lipinski definition) is 2. The highest BCUT2D eigenvalue weighted by Crippen LogP contribution is 2.32. The van der Waals surface area contributed by atoms with E-state index in [4.69, 9.17) is 0 Å². The molecule has 0 radical (unpaired) electrons. The van der Waals surface area contributed by atoms with Crippen molar-refractivity contribution in [1.82, 2.24) is 5.01 Å². The van der Waals surface area contributed by atoms with E-state index in [1.54, 1.807) is 26.1 Å². The summed E-state index contributed by atoms with van der Waals surface area (Å²) in [5.74, 6) is -1.28. The first-order valence-electron chi connectivity index (χ1n) is 9.46. The Morgan fingerprint density at radius 2 is 1.79 bits per heavy atom. The van der Waals surface area contributed by atoms with E-state index in [0.717, 1.165) is 11.6 Å². The molecule has 1 aliphatic rings. The smallest absolute Gasteiger partial charge is 0.268 e. The van der Waals surface area contributed by atoms with Gasteiger partial charge in [-0.1, -0.05) is 18.7 Å². The predicted molar refractivity (Wildman–Crippen MR) is 107 cm³/mol. The molecule has 3 nitrogen and oxygen atoms in total. The molecule has 2 atom stereocenters. The lowest BCUT2D eigenvalue weighted by atomic mass is 9.99. The van der Waals surface area contributed by atoms with Crippen molar-refractivity contribution in [1.29, 1.82) is 0 Å².